The Balaban J connectivity index is 0.000000211. The SMILES string of the molecule is CC(=O)C(C)(C)c1cc2c(cc1C)C(C)(C)C(C)C2.CCc1cc2c(cc1C(C)=O)C(C)(C)CCC2(C)C. The van der Waals surface area contributed by atoms with Gasteiger partial charge in [0.05, 0.1) is 0 Å². The van der Waals surface area contributed by atoms with Crippen molar-refractivity contribution in [2.24, 2.45) is 5.92 Å². The van der Waals surface area contributed by atoms with Crippen LogP contribution in [0.2, 0.25) is 0 Å². The minimum atomic E-state index is -0.380. The molecule has 0 saturated heterocycles. The lowest BCUT2D eigenvalue weighted by Crippen LogP contribution is -2.34. The summed E-state index contributed by atoms with van der Waals surface area (Å²) in [6.45, 7) is 28.0. The van der Waals surface area contributed by atoms with Crippen molar-refractivity contribution in [3.63, 3.8) is 0 Å². The minimum absolute atomic E-state index is 0.182. The number of carbonyl (C=O) groups excluding carboxylic acids is 2. The second-order valence-corrected chi connectivity index (χ2v) is 14.6. The van der Waals surface area contributed by atoms with Gasteiger partial charge < -0.3 is 0 Å². The molecular formula is C36H52O2. The summed E-state index contributed by atoms with van der Waals surface area (Å²) in [4.78, 5) is 23.8. The Kier molecular flexibility index (Phi) is 8.04. The van der Waals surface area contributed by atoms with Gasteiger partial charge in [-0.15, -0.1) is 0 Å². The van der Waals surface area contributed by atoms with Crippen molar-refractivity contribution in [1.82, 2.24) is 0 Å². The highest BCUT2D eigenvalue weighted by molar-refractivity contribution is 5.96. The third kappa shape index (κ3) is 5.30. The van der Waals surface area contributed by atoms with Crippen LogP contribution in [0.15, 0.2) is 24.3 Å². The maximum absolute atomic E-state index is 11.9. The van der Waals surface area contributed by atoms with Crippen molar-refractivity contribution in [3.8, 4) is 0 Å². The third-order valence-electron chi connectivity index (χ3n) is 10.3. The molecule has 0 spiro atoms. The van der Waals surface area contributed by atoms with E-state index in [1.807, 2.05) is 13.8 Å². The average molecular weight is 517 g/mol. The van der Waals surface area contributed by atoms with Crippen LogP contribution >= 0.6 is 0 Å². The van der Waals surface area contributed by atoms with E-state index in [-0.39, 0.29) is 33.2 Å². The molecule has 208 valence electrons. The topological polar surface area (TPSA) is 34.1 Å². The third-order valence-corrected chi connectivity index (χ3v) is 10.3. The molecule has 2 aliphatic carbocycles. The van der Waals surface area contributed by atoms with Gasteiger partial charge in [-0.25, -0.2) is 0 Å². The van der Waals surface area contributed by atoms with Gasteiger partial charge in [-0.3, -0.25) is 9.59 Å². The molecule has 0 heterocycles. The van der Waals surface area contributed by atoms with Crippen LogP contribution in [0.4, 0.5) is 0 Å². The van der Waals surface area contributed by atoms with E-state index < -0.39 is 0 Å². The summed E-state index contributed by atoms with van der Waals surface area (Å²) in [5.41, 5.74) is 10.6. The lowest BCUT2D eigenvalue weighted by Gasteiger charge is -2.42. The molecule has 0 bridgehead atoms. The Morgan fingerprint density at radius 3 is 1.87 bits per heavy atom. The molecule has 0 N–H and O–H groups in total. The quantitative estimate of drug-likeness (QED) is 0.380. The minimum Gasteiger partial charge on any atom is -0.299 e. The molecule has 0 saturated carbocycles. The number of fused-ring (bicyclic) bond motifs is 2. The van der Waals surface area contributed by atoms with Crippen molar-refractivity contribution < 1.29 is 9.59 Å². The molecule has 2 aromatic carbocycles. The zero-order valence-electron chi connectivity index (χ0n) is 26.5. The molecule has 1 atom stereocenters. The highest BCUT2D eigenvalue weighted by atomic mass is 16.1. The first-order valence-electron chi connectivity index (χ1n) is 14.6. The smallest absolute Gasteiger partial charge is 0.160 e. The van der Waals surface area contributed by atoms with Crippen LogP contribution in [0.3, 0.4) is 0 Å². The maximum atomic E-state index is 11.9. The first kappa shape index (κ1) is 30.3. The molecule has 0 aliphatic heterocycles. The Hall–Kier alpha value is -2.22. The van der Waals surface area contributed by atoms with Crippen LogP contribution in [-0.4, -0.2) is 11.6 Å². The number of hydrogen-bond donors (Lipinski definition) is 0. The Morgan fingerprint density at radius 2 is 1.39 bits per heavy atom. The molecule has 2 aliphatic rings. The summed E-state index contributed by atoms with van der Waals surface area (Å²) >= 11 is 0. The number of aryl methyl sites for hydroxylation is 2. The molecule has 38 heavy (non-hydrogen) atoms. The van der Waals surface area contributed by atoms with Crippen molar-refractivity contribution in [3.05, 3.63) is 68.8 Å². The van der Waals surface area contributed by atoms with Crippen LogP contribution in [0.25, 0.3) is 0 Å². The molecule has 2 nitrogen and oxygen atoms in total. The van der Waals surface area contributed by atoms with Gasteiger partial charge in [-0.1, -0.05) is 73.6 Å². The van der Waals surface area contributed by atoms with Crippen LogP contribution in [0.1, 0.15) is 145 Å². The van der Waals surface area contributed by atoms with Crippen molar-refractivity contribution in [1.29, 1.82) is 0 Å². The van der Waals surface area contributed by atoms with Gasteiger partial charge in [0.25, 0.3) is 0 Å². The lowest BCUT2D eigenvalue weighted by atomic mass is 9.62. The lowest BCUT2D eigenvalue weighted by molar-refractivity contribution is -0.121. The zero-order valence-corrected chi connectivity index (χ0v) is 26.5. The molecule has 1 unspecified atom stereocenters. The molecule has 2 aromatic rings. The summed E-state index contributed by atoms with van der Waals surface area (Å²) < 4.78 is 0. The van der Waals surface area contributed by atoms with Gasteiger partial charge in [0, 0.05) is 11.0 Å². The van der Waals surface area contributed by atoms with Gasteiger partial charge >= 0.3 is 0 Å². The zero-order chi connectivity index (χ0) is 29.0. The van der Waals surface area contributed by atoms with E-state index >= 15 is 0 Å². The van der Waals surface area contributed by atoms with Crippen LogP contribution in [-0.2, 0) is 39.3 Å². The molecule has 0 amide bonds. The molecule has 2 heteroatoms. The normalized spacial score (nSPS) is 20.6. The van der Waals surface area contributed by atoms with E-state index in [4.69, 9.17) is 0 Å². The fraction of sp³-hybridized carbons (Fsp3) is 0.611. The standard InChI is InChI=1S/2C18H26O/c1-11-8-16-14(9-12(2)17(16,4)5)10-15(11)18(6,7)13(3)19;1-7-13-10-15-16(11-14(13)12(2)19)18(5,6)9-8-17(15,3)4/h8,10,12H,9H2,1-7H3;10-11H,7-9H2,1-6H3. The van der Waals surface area contributed by atoms with E-state index in [0.29, 0.717) is 5.92 Å². The second kappa shape index (κ2) is 10.1. The van der Waals surface area contributed by atoms with Gasteiger partial charge in [0.1, 0.15) is 5.78 Å². The van der Waals surface area contributed by atoms with E-state index in [1.165, 1.54) is 51.8 Å². The van der Waals surface area contributed by atoms with E-state index in [2.05, 4.69) is 86.6 Å². The van der Waals surface area contributed by atoms with Crippen molar-refractivity contribution >= 4 is 11.6 Å². The molecule has 0 fully saturated rings. The average Bonchev–Trinajstić information content (AvgIpc) is 3.03. The monoisotopic (exact) mass is 516 g/mol. The van der Waals surface area contributed by atoms with Gasteiger partial charge in [-0.05, 0) is 127 Å². The molecule has 0 radical (unpaired) electrons. The van der Waals surface area contributed by atoms with Gasteiger partial charge in [-0.2, -0.15) is 0 Å². The fourth-order valence-corrected chi connectivity index (χ4v) is 6.51. The van der Waals surface area contributed by atoms with Crippen LogP contribution in [0.5, 0.6) is 0 Å². The highest BCUT2D eigenvalue weighted by Gasteiger charge is 2.39. The Morgan fingerprint density at radius 1 is 0.868 bits per heavy atom. The number of rotatable bonds is 4. The fourth-order valence-electron chi connectivity index (χ4n) is 6.51. The molecule has 0 aromatic heterocycles. The number of ketones is 2. The van der Waals surface area contributed by atoms with Gasteiger partial charge in [0.15, 0.2) is 5.78 Å². The second-order valence-electron chi connectivity index (χ2n) is 14.6. The van der Waals surface area contributed by atoms with E-state index in [9.17, 15) is 9.59 Å². The maximum Gasteiger partial charge on any atom is 0.160 e. The Labute approximate surface area is 233 Å². The summed E-state index contributed by atoms with van der Waals surface area (Å²) in [6, 6.07) is 9.08. The number of benzene rings is 2. The predicted molar refractivity (Wildman–Crippen MR) is 162 cm³/mol. The first-order valence-corrected chi connectivity index (χ1v) is 14.6. The van der Waals surface area contributed by atoms with Crippen LogP contribution < -0.4 is 0 Å². The highest BCUT2D eigenvalue weighted by Crippen LogP contribution is 2.47. The van der Waals surface area contributed by atoms with Crippen molar-refractivity contribution in [2.75, 3.05) is 0 Å². The first-order chi connectivity index (χ1) is 17.3. The molecular weight excluding hydrogens is 464 g/mol. The summed E-state index contributed by atoms with van der Waals surface area (Å²) in [6.07, 6.45) is 4.47. The molecule has 4 rings (SSSR count). The van der Waals surface area contributed by atoms with E-state index in [1.54, 1.807) is 13.8 Å². The summed E-state index contributed by atoms with van der Waals surface area (Å²) in [7, 11) is 0. The van der Waals surface area contributed by atoms with Gasteiger partial charge in [0.2, 0.25) is 0 Å². The largest absolute Gasteiger partial charge is 0.299 e. The number of carbonyl (C=O) groups is 2. The van der Waals surface area contributed by atoms with E-state index in [0.717, 1.165) is 18.4 Å². The number of Topliss-reactive ketones (excluding diaryl/α,β-unsaturated/α-hetero) is 2. The summed E-state index contributed by atoms with van der Waals surface area (Å²) in [5, 5.41) is 0. The van der Waals surface area contributed by atoms with Crippen LogP contribution in [0, 0.1) is 12.8 Å². The Bertz CT molecular complexity index is 1250. The number of hydrogen-bond acceptors (Lipinski definition) is 2. The summed E-state index contributed by atoms with van der Waals surface area (Å²) in [5.74, 6) is 1.09. The predicted octanol–water partition coefficient (Wildman–Crippen LogP) is 9.13. The van der Waals surface area contributed by atoms with Crippen molar-refractivity contribution in [2.45, 2.75) is 137 Å².